The number of furan rings is 1. The van der Waals surface area contributed by atoms with Crippen molar-refractivity contribution in [1.82, 2.24) is 4.57 Å². The number of thiophene rings is 1. The van der Waals surface area contributed by atoms with Crippen molar-refractivity contribution >= 4 is 86.9 Å². The second kappa shape index (κ2) is 8.22. The van der Waals surface area contributed by atoms with E-state index in [0.717, 1.165) is 53.8 Å². The van der Waals surface area contributed by atoms with Gasteiger partial charge in [0, 0.05) is 42.7 Å². The van der Waals surface area contributed by atoms with Crippen LogP contribution in [-0.4, -0.2) is 4.57 Å². The maximum absolute atomic E-state index is 7.08. The molecule has 9 aromatic rings. The van der Waals surface area contributed by atoms with Gasteiger partial charge in [0.15, 0.2) is 0 Å². The maximum atomic E-state index is 7.08. The van der Waals surface area contributed by atoms with Gasteiger partial charge in [0.2, 0.25) is 0 Å². The summed E-state index contributed by atoms with van der Waals surface area (Å²) in [4.78, 5) is 0. The molecule has 0 bridgehead atoms. The Morgan fingerprint density at radius 2 is 1.32 bits per heavy atom. The SMILES string of the molecule is Clc1cc(-n2c3ccccc3c3cc(-c4ccccc4)ccc32)cc2c1sc1ccc3oc4ccccc4c3c12. The number of hydrogen-bond acceptors (Lipinski definition) is 2. The smallest absolute Gasteiger partial charge is 0.136 e. The highest BCUT2D eigenvalue weighted by Gasteiger charge is 2.19. The molecular weight excluding hydrogens is 530 g/mol. The lowest BCUT2D eigenvalue weighted by atomic mass is 10.0. The van der Waals surface area contributed by atoms with Gasteiger partial charge in [0.1, 0.15) is 11.2 Å². The number of halogens is 1. The number of para-hydroxylation sites is 2. The Morgan fingerprint density at radius 3 is 2.23 bits per heavy atom. The molecule has 0 saturated heterocycles. The molecule has 0 unspecified atom stereocenters. The van der Waals surface area contributed by atoms with Crippen molar-refractivity contribution in [3.05, 3.63) is 126 Å². The van der Waals surface area contributed by atoms with Crippen LogP contribution in [0, 0.1) is 0 Å². The predicted octanol–water partition coefficient (Wildman–Crippen LogP) is 11.4. The Hall–Kier alpha value is -4.57. The van der Waals surface area contributed by atoms with Crippen molar-refractivity contribution < 1.29 is 4.42 Å². The highest BCUT2D eigenvalue weighted by atomic mass is 35.5. The lowest BCUT2D eigenvalue weighted by Crippen LogP contribution is -1.94. The van der Waals surface area contributed by atoms with Crippen LogP contribution in [0.15, 0.2) is 126 Å². The summed E-state index contributed by atoms with van der Waals surface area (Å²) in [7, 11) is 0. The molecule has 0 fully saturated rings. The molecule has 0 spiro atoms. The van der Waals surface area contributed by atoms with Gasteiger partial charge in [0.25, 0.3) is 0 Å². The van der Waals surface area contributed by atoms with E-state index in [2.05, 4.69) is 114 Å². The third-order valence-electron chi connectivity index (χ3n) is 8.05. The molecule has 0 amide bonds. The average molecular weight is 550 g/mol. The van der Waals surface area contributed by atoms with E-state index in [1.165, 1.54) is 32.0 Å². The van der Waals surface area contributed by atoms with Crippen LogP contribution in [0.25, 0.3) is 80.7 Å². The van der Waals surface area contributed by atoms with E-state index in [-0.39, 0.29) is 0 Å². The van der Waals surface area contributed by atoms with Crippen molar-refractivity contribution in [3.63, 3.8) is 0 Å². The predicted molar refractivity (Wildman–Crippen MR) is 171 cm³/mol. The minimum atomic E-state index is 0.765. The van der Waals surface area contributed by atoms with Crippen molar-refractivity contribution in [2.75, 3.05) is 0 Å². The minimum Gasteiger partial charge on any atom is -0.456 e. The normalized spacial score (nSPS) is 12.1. The Balaban J connectivity index is 1.38. The number of hydrogen-bond donors (Lipinski definition) is 0. The number of nitrogens with zero attached hydrogens (tertiary/aromatic N) is 1. The van der Waals surface area contributed by atoms with Crippen LogP contribution in [0.5, 0.6) is 0 Å². The van der Waals surface area contributed by atoms with Gasteiger partial charge in [-0.15, -0.1) is 11.3 Å². The molecule has 4 heteroatoms. The summed E-state index contributed by atoms with van der Waals surface area (Å²) in [6.45, 7) is 0. The van der Waals surface area contributed by atoms with E-state index < -0.39 is 0 Å². The van der Waals surface area contributed by atoms with E-state index in [0.29, 0.717) is 0 Å². The van der Waals surface area contributed by atoms with E-state index >= 15 is 0 Å². The highest BCUT2D eigenvalue weighted by molar-refractivity contribution is 7.26. The fourth-order valence-corrected chi connectivity index (χ4v) is 7.75. The number of aromatic nitrogens is 1. The fraction of sp³-hybridized carbons (Fsp3) is 0. The summed E-state index contributed by atoms with van der Waals surface area (Å²) < 4.78 is 10.9. The second-order valence-corrected chi connectivity index (χ2v) is 11.7. The van der Waals surface area contributed by atoms with Crippen LogP contribution in [-0.2, 0) is 0 Å². The Bertz CT molecular complexity index is 2450. The van der Waals surface area contributed by atoms with Crippen LogP contribution in [0.2, 0.25) is 5.02 Å². The van der Waals surface area contributed by atoms with Crippen molar-refractivity contribution in [2.45, 2.75) is 0 Å². The van der Waals surface area contributed by atoms with Crippen LogP contribution in [0.3, 0.4) is 0 Å². The van der Waals surface area contributed by atoms with Gasteiger partial charge in [0.05, 0.1) is 20.8 Å². The Morgan fingerprint density at radius 1 is 0.550 bits per heavy atom. The van der Waals surface area contributed by atoms with Crippen molar-refractivity contribution in [1.29, 1.82) is 0 Å². The second-order valence-electron chi connectivity index (χ2n) is 10.3. The van der Waals surface area contributed by atoms with Crippen LogP contribution in [0.4, 0.5) is 0 Å². The topological polar surface area (TPSA) is 18.1 Å². The first kappa shape index (κ1) is 22.3. The van der Waals surface area contributed by atoms with Gasteiger partial charge in [-0.3, -0.25) is 0 Å². The standard InChI is InChI=1S/C36H20ClNOS/c37-28-20-23(19-27-35-33(40-36(27)28)17-16-32-34(35)25-11-5-7-13-31(25)39-32)38-29-12-6-4-10-24(29)26-18-22(14-15-30(26)38)21-8-2-1-3-9-21/h1-20H. The molecule has 0 atom stereocenters. The molecule has 0 aliphatic rings. The van der Waals surface area contributed by atoms with Crippen molar-refractivity contribution in [2.24, 2.45) is 0 Å². The zero-order valence-corrected chi connectivity index (χ0v) is 22.8. The summed E-state index contributed by atoms with van der Waals surface area (Å²) >= 11 is 8.82. The average Bonchev–Trinajstić information content (AvgIpc) is 3.67. The number of benzene rings is 6. The van der Waals surface area contributed by atoms with Gasteiger partial charge in [-0.05, 0) is 59.7 Å². The van der Waals surface area contributed by atoms with Crippen LogP contribution < -0.4 is 0 Å². The zero-order valence-electron chi connectivity index (χ0n) is 21.2. The lowest BCUT2D eigenvalue weighted by molar-refractivity contribution is 0.669. The molecule has 3 aromatic heterocycles. The molecule has 6 aromatic carbocycles. The first-order chi connectivity index (χ1) is 19.7. The Kier molecular flexibility index (Phi) is 4.57. The molecule has 9 rings (SSSR count). The molecule has 0 aliphatic heterocycles. The van der Waals surface area contributed by atoms with Gasteiger partial charge >= 0.3 is 0 Å². The number of fused-ring (bicyclic) bond motifs is 10. The third kappa shape index (κ3) is 3.05. The highest BCUT2D eigenvalue weighted by Crippen LogP contribution is 2.46. The van der Waals surface area contributed by atoms with Gasteiger partial charge < -0.3 is 8.98 Å². The van der Waals surface area contributed by atoms with E-state index in [1.54, 1.807) is 11.3 Å². The minimum absolute atomic E-state index is 0.765. The van der Waals surface area contributed by atoms with Gasteiger partial charge in [-0.25, -0.2) is 0 Å². The first-order valence-electron chi connectivity index (χ1n) is 13.3. The molecule has 0 saturated carbocycles. The molecule has 0 aliphatic carbocycles. The van der Waals surface area contributed by atoms with Gasteiger partial charge in [-0.1, -0.05) is 84.4 Å². The van der Waals surface area contributed by atoms with E-state index in [1.807, 2.05) is 12.1 Å². The molecule has 2 nitrogen and oxygen atoms in total. The van der Waals surface area contributed by atoms with E-state index in [4.69, 9.17) is 16.0 Å². The lowest BCUT2D eigenvalue weighted by Gasteiger charge is -2.10. The molecule has 0 radical (unpaired) electrons. The molecule has 3 heterocycles. The monoisotopic (exact) mass is 549 g/mol. The maximum Gasteiger partial charge on any atom is 0.136 e. The number of rotatable bonds is 2. The molecular formula is C36H20ClNOS. The summed E-state index contributed by atoms with van der Waals surface area (Å²) in [5, 5.41) is 7.87. The van der Waals surface area contributed by atoms with Gasteiger partial charge in [-0.2, -0.15) is 0 Å². The molecule has 0 N–H and O–H groups in total. The summed E-state index contributed by atoms with van der Waals surface area (Å²) in [5.41, 5.74) is 7.62. The summed E-state index contributed by atoms with van der Waals surface area (Å²) in [5.74, 6) is 0. The third-order valence-corrected chi connectivity index (χ3v) is 9.67. The van der Waals surface area contributed by atoms with Crippen molar-refractivity contribution in [3.8, 4) is 16.8 Å². The summed E-state index contributed by atoms with van der Waals surface area (Å²) in [6, 6.07) is 42.9. The molecule has 188 valence electrons. The fourth-order valence-electron chi connectivity index (χ4n) is 6.32. The van der Waals surface area contributed by atoms with Crippen LogP contribution >= 0.6 is 22.9 Å². The van der Waals surface area contributed by atoms with E-state index in [9.17, 15) is 0 Å². The van der Waals surface area contributed by atoms with Crippen LogP contribution in [0.1, 0.15) is 0 Å². The first-order valence-corrected chi connectivity index (χ1v) is 14.5. The Labute approximate surface area is 238 Å². The summed E-state index contributed by atoms with van der Waals surface area (Å²) in [6.07, 6.45) is 0. The molecule has 40 heavy (non-hydrogen) atoms. The largest absolute Gasteiger partial charge is 0.456 e. The zero-order chi connectivity index (χ0) is 26.4. The quantitative estimate of drug-likeness (QED) is 0.210.